The van der Waals surface area contributed by atoms with Gasteiger partial charge in [-0.2, -0.15) is 0 Å². The van der Waals surface area contributed by atoms with Gasteiger partial charge in [0.2, 0.25) is 0 Å². The molecule has 8 saturated carbocycles. The number of benzene rings is 2. The molecular formula is C36H44Br2O. The average molecular weight is 653 g/mol. The van der Waals surface area contributed by atoms with E-state index in [-0.39, 0.29) is 10.8 Å². The number of phenols is 1. The summed E-state index contributed by atoms with van der Waals surface area (Å²) in [6.07, 6.45) is 16.7. The van der Waals surface area contributed by atoms with Crippen LogP contribution in [-0.4, -0.2) is 5.11 Å². The Bertz CT molecular complexity index is 1330. The lowest BCUT2D eigenvalue weighted by molar-refractivity contribution is -0.275. The first kappa shape index (κ1) is 25.9. The maximum atomic E-state index is 10.2. The van der Waals surface area contributed by atoms with Crippen LogP contribution < -0.4 is 0 Å². The fraction of sp³-hybridized carbons (Fsp3) is 0.667. The Balaban J connectivity index is 1.32. The van der Waals surface area contributed by atoms with Crippen LogP contribution in [0.5, 0.6) is 5.75 Å². The van der Waals surface area contributed by atoms with Gasteiger partial charge in [0, 0.05) is 8.95 Å². The number of halogens is 2. The van der Waals surface area contributed by atoms with E-state index in [4.69, 9.17) is 0 Å². The van der Waals surface area contributed by atoms with Gasteiger partial charge in [-0.25, -0.2) is 0 Å². The Labute approximate surface area is 252 Å². The first-order valence-electron chi connectivity index (χ1n) is 15.4. The van der Waals surface area contributed by atoms with Crippen LogP contribution in [0.25, 0.3) is 0 Å². The van der Waals surface area contributed by atoms with E-state index < -0.39 is 0 Å². The molecule has 0 aliphatic heterocycles. The van der Waals surface area contributed by atoms with Crippen LogP contribution in [-0.2, 0) is 10.8 Å². The van der Waals surface area contributed by atoms with Gasteiger partial charge in [0.15, 0.2) is 0 Å². The second-order valence-electron chi connectivity index (χ2n) is 17.7. The van der Waals surface area contributed by atoms with Crippen molar-refractivity contribution < 1.29 is 5.11 Å². The Morgan fingerprint density at radius 2 is 0.872 bits per heavy atom. The van der Waals surface area contributed by atoms with Crippen LogP contribution >= 0.6 is 31.9 Å². The zero-order valence-corrected chi connectivity index (χ0v) is 27.4. The van der Waals surface area contributed by atoms with Crippen molar-refractivity contribution in [1.29, 1.82) is 0 Å². The minimum Gasteiger partial charge on any atom is -0.508 e. The predicted octanol–water partition coefficient (Wildman–Crippen LogP) is 10.9. The van der Waals surface area contributed by atoms with E-state index in [9.17, 15) is 5.11 Å². The van der Waals surface area contributed by atoms with Crippen LogP contribution in [0.1, 0.15) is 116 Å². The standard InChI is InChI=1S/C36H44Br2O/c1-29-12-30(2)15-33(14-29,24-5-7-28(39)8-6-24)22-35(18-29,19-30)36-20-31(3)13-32(4,21-36)17-34(16-31,23-36)25-9-26(37)11-27(38)10-25/h5-11,39H,12-23H2,1-4H3. The highest BCUT2D eigenvalue weighted by Gasteiger charge is 2.76. The van der Waals surface area contributed by atoms with Crippen molar-refractivity contribution in [2.45, 2.75) is 116 Å². The third-order valence-corrected chi connectivity index (χ3v) is 14.2. The highest BCUT2D eigenvalue weighted by Crippen LogP contribution is 2.85. The fourth-order valence-electron chi connectivity index (χ4n) is 14.8. The Kier molecular flexibility index (Phi) is 4.91. The number of hydrogen-bond donors (Lipinski definition) is 1. The van der Waals surface area contributed by atoms with Crippen molar-refractivity contribution in [3.05, 3.63) is 62.5 Å². The minimum atomic E-state index is 0.253. The summed E-state index contributed by atoms with van der Waals surface area (Å²) in [5.74, 6) is 0.402. The minimum absolute atomic E-state index is 0.253. The third-order valence-electron chi connectivity index (χ3n) is 13.3. The van der Waals surface area contributed by atoms with Crippen molar-refractivity contribution in [2.75, 3.05) is 0 Å². The molecule has 2 aromatic rings. The lowest BCUT2D eigenvalue weighted by atomic mass is 9.24. The van der Waals surface area contributed by atoms with Gasteiger partial charge in [-0.05, 0) is 162 Å². The number of hydrogen-bond acceptors (Lipinski definition) is 1. The number of phenolic OH excluding ortho intramolecular Hbond substituents is 1. The highest BCUT2D eigenvalue weighted by atomic mass is 79.9. The molecule has 39 heavy (non-hydrogen) atoms. The molecule has 0 radical (unpaired) electrons. The summed E-state index contributed by atoms with van der Waals surface area (Å²) >= 11 is 7.74. The van der Waals surface area contributed by atoms with E-state index in [1.807, 2.05) is 12.1 Å². The molecule has 208 valence electrons. The maximum Gasteiger partial charge on any atom is 0.115 e. The van der Waals surface area contributed by atoms with E-state index in [0.717, 1.165) is 0 Å². The summed E-state index contributed by atoms with van der Waals surface area (Å²) < 4.78 is 2.43. The molecule has 0 heterocycles. The summed E-state index contributed by atoms with van der Waals surface area (Å²) in [4.78, 5) is 0. The molecule has 3 heteroatoms. The van der Waals surface area contributed by atoms with E-state index in [1.54, 1.807) is 5.56 Å². The molecule has 8 aliphatic rings. The third kappa shape index (κ3) is 3.53. The molecule has 2 aromatic carbocycles. The van der Waals surface area contributed by atoms with Gasteiger partial charge in [0.25, 0.3) is 0 Å². The molecule has 0 spiro atoms. The van der Waals surface area contributed by atoms with Crippen molar-refractivity contribution in [3.63, 3.8) is 0 Å². The molecule has 0 aromatic heterocycles. The molecule has 4 unspecified atom stereocenters. The fourth-order valence-corrected chi connectivity index (χ4v) is 16.1. The Hall–Kier alpha value is -0.800. The molecule has 1 N–H and O–H groups in total. The molecule has 0 amide bonds. The van der Waals surface area contributed by atoms with Crippen molar-refractivity contribution in [1.82, 2.24) is 0 Å². The molecule has 10 rings (SSSR count). The monoisotopic (exact) mass is 650 g/mol. The normalized spacial score (nSPS) is 51.0. The van der Waals surface area contributed by atoms with Crippen LogP contribution in [0.15, 0.2) is 51.4 Å². The van der Waals surface area contributed by atoms with Gasteiger partial charge in [0.05, 0.1) is 0 Å². The first-order valence-corrected chi connectivity index (χ1v) is 17.0. The topological polar surface area (TPSA) is 20.2 Å². The van der Waals surface area contributed by atoms with Gasteiger partial charge >= 0.3 is 0 Å². The lowest BCUT2D eigenvalue weighted by Crippen LogP contribution is -2.71. The van der Waals surface area contributed by atoms with Crippen molar-refractivity contribution in [3.8, 4) is 5.75 Å². The summed E-state index contributed by atoms with van der Waals surface area (Å²) in [6, 6.07) is 15.6. The lowest BCUT2D eigenvalue weighted by Gasteiger charge is -2.80. The second kappa shape index (κ2) is 7.39. The average Bonchev–Trinajstić information content (AvgIpc) is 2.74. The number of rotatable bonds is 3. The molecule has 1 nitrogen and oxygen atoms in total. The molecule has 8 bridgehead atoms. The van der Waals surface area contributed by atoms with Crippen LogP contribution in [0.3, 0.4) is 0 Å². The van der Waals surface area contributed by atoms with E-state index in [1.165, 1.54) is 91.6 Å². The van der Waals surface area contributed by atoms with Crippen LogP contribution in [0.4, 0.5) is 0 Å². The Morgan fingerprint density at radius 1 is 0.487 bits per heavy atom. The molecule has 4 atom stereocenters. The van der Waals surface area contributed by atoms with Gasteiger partial charge in [0.1, 0.15) is 5.75 Å². The second-order valence-corrected chi connectivity index (χ2v) is 19.5. The smallest absolute Gasteiger partial charge is 0.115 e. The number of aromatic hydroxyl groups is 1. The summed E-state index contributed by atoms with van der Waals surface area (Å²) in [6.45, 7) is 10.7. The molecule has 8 aliphatic carbocycles. The summed E-state index contributed by atoms with van der Waals surface area (Å²) in [7, 11) is 0. The van der Waals surface area contributed by atoms with Gasteiger partial charge in [-0.3, -0.25) is 0 Å². The zero-order valence-electron chi connectivity index (χ0n) is 24.2. The zero-order chi connectivity index (χ0) is 27.3. The summed E-state index contributed by atoms with van der Waals surface area (Å²) in [5, 5.41) is 10.2. The predicted molar refractivity (Wildman–Crippen MR) is 166 cm³/mol. The molecular weight excluding hydrogens is 608 g/mol. The van der Waals surface area contributed by atoms with Gasteiger partial charge < -0.3 is 5.11 Å². The van der Waals surface area contributed by atoms with Crippen LogP contribution in [0.2, 0.25) is 0 Å². The highest BCUT2D eigenvalue weighted by molar-refractivity contribution is 9.11. The van der Waals surface area contributed by atoms with Crippen molar-refractivity contribution in [2.24, 2.45) is 32.5 Å². The maximum absolute atomic E-state index is 10.2. The SMILES string of the molecule is CC12CC3(C)CC(c4ccc(O)cc4)(C1)CC(C14CC5(C)CC(C)(CC(c6cc(Br)cc(Br)c6)(C5)C1)C4)(C2)C3. The van der Waals surface area contributed by atoms with E-state index in [0.29, 0.717) is 38.2 Å². The van der Waals surface area contributed by atoms with Gasteiger partial charge in [-0.15, -0.1) is 0 Å². The Morgan fingerprint density at radius 3 is 1.28 bits per heavy atom. The van der Waals surface area contributed by atoms with Gasteiger partial charge in [-0.1, -0.05) is 71.7 Å². The van der Waals surface area contributed by atoms with Crippen molar-refractivity contribution >= 4 is 31.9 Å². The largest absolute Gasteiger partial charge is 0.508 e. The summed E-state index contributed by atoms with van der Waals surface area (Å²) in [5.41, 5.74) is 6.12. The van der Waals surface area contributed by atoms with E-state index >= 15 is 0 Å². The van der Waals surface area contributed by atoms with Crippen LogP contribution in [0, 0.1) is 32.5 Å². The molecule has 8 fully saturated rings. The van der Waals surface area contributed by atoms with E-state index in [2.05, 4.69) is 89.9 Å². The molecule has 0 saturated heterocycles. The quantitative estimate of drug-likeness (QED) is 0.350. The first-order chi connectivity index (χ1) is 18.1.